The van der Waals surface area contributed by atoms with Crippen LogP contribution in [0.3, 0.4) is 0 Å². The van der Waals surface area contributed by atoms with Crippen molar-refractivity contribution in [3.05, 3.63) is 35.0 Å². The summed E-state index contributed by atoms with van der Waals surface area (Å²) in [4.78, 5) is 16.8. The molecule has 5 heteroatoms. The first-order chi connectivity index (χ1) is 13.2. The van der Waals surface area contributed by atoms with Crippen molar-refractivity contribution in [2.45, 2.75) is 58.4 Å². The Hall–Kier alpha value is -2.01. The van der Waals surface area contributed by atoms with E-state index in [0.29, 0.717) is 12.0 Å². The summed E-state index contributed by atoms with van der Waals surface area (Å²) in [6.45, 7) is 4.78. The van der Waals surface area contributed by atoms with Crippen molar-refractivity contribution in [3.8, 4) is 11.4 Å². The second-order valence-corrected chi connectivity index (χ2v) is 9.28. The first-order valence-corrected chi connectivity index (χ1v) is 11.0. The molecule has 0 amide bonds. The van der Waals surface area contributed by atoms with Crippen LogP contribution >= 0.6 is 11.3 Å². The molecule has 3 atom stereocenters. The summed E-state index contributed by atoms with van der Waals surface area (Å²) in [5.41, 5.74) is 2.48. The maximum Gasteiger partial charge on any atom is 0.164 e. The Labute approximate surface area is 164 Å². The van der Waals surface area contributed by atoms with Gasteiger partial charge in [-0.1, -0.05) is 26.7 Å². The van der Waals surface area contributed by atoms with Crippen molar-refractivity contribution in [3.63, 3.8) is 0 Å². The predicted octanol–water partition coefficient (Wildman–Crippen LogP) is 5.48. The smallest absolute Gasteiger partial charge is 0.164 e. The van der Waals surface area contributed by atoms with Crippen molar-refractivity contribution >= 4 is 27.4 Å². The lowest BCUT2D eigenvalue weighted by Crippen LogP contribution is -2.35. The van der Waals surface area contributed by atoms with Gasteiger partial charge in [-0.2, -0.15) is 0 Å². The van der Waals surface area contributed by atoms with E-state index in [9.17, 15) is 0 Å². The molecule has 1 fully saturated rings. The molecule has 2 aliphatic rings. The van der Waals surface area contributed by atoms with E-state index in [4.69, 9.17) is 9.97 Å². The highest BCUT2D eigenvalue weighted by atomic mass is 32.1. The highest BCUT2D eigenvalue weighted by Crippen LogP contribution is 2.41. The quantitative estimate of drug-likeness (QED) is 0.656. The van der Waals surface area contributed by atoms with E-state index in [-0.39, 0.29) is 0 Å². The maximum atomic E-state index is 5.02. The van der Waals surface area contributed by atoms with Crippen LogP contribution in [0, 0.1) is 11.8 Å². The first-order valence-electron chi connectivity index (χ1n) is 10.2. The minimum atomic E-state index is 0.491. The van der Waals surface area contributed by atoms with Gasteiger partial charge >= 0.3 is 0 Å². The zero-order valence-corrected chi connectivity index (χ0v) is 16.9. The Morgan fingerprint density at radius 1 is 1.11 bits per heavy atom. The molecule has 3 aromatic heterocycles. The Kier molecular flexibility index (Phi) is 4.35. The number of thiophene rings is 1. The number of anilines is 1. The van der Waals surface area contributed by atoms with Crippen molar-refractivity contribution in [1.29, 1.82) is 0 Å². The molecule has 0 aromatic carbocycles. The molecule has 1 saturated carbocycles. The van der Waals surface area contributed by atoms with Gasteiger partial charge < -0.3 is 5.32 Å². The molecule has 5 rings (SSSR count). The molecule has 0 aliphatic heterocycles. The summed E-state index contributed by atoms with van der Waals surface area (Å²) in [5.74, 6) is 3.26. The van der Waals surface area contributed by atoms with E-state index in [1.54, 1.807) is 6.20 Å². The molecular weight excluding hydrogens is 352 g/mol. The van der Waals surface area contributed by atoms with Crippen LogP contribution in [-0.2, 0) is 12.8 Å². The molecular formula is C22H26N4S. The zero-order valence-electron chi connectivity index (χ0n) is 16.0. The Bertz CT molecular complexity index is 965. The van der Waals surface area contributed by atoms with E-state index in [2.05, 4.69) is 24.1 Å². The fourth-order valence-corrected chi connectivity index (χ4v) is 5.95. The lowest BCUT2D eigenvalue weighted by atomic mass is 9.78. The monoisotopic (exact) mass is 378 g/mol. The second kappa shape index (κ2) is 6.86. The number of hydrogen-bond donors (Lipinski definition) is 1. The van der Waals surface area contributed by atoms with E-state index in [0.717, 1.165) is 34.4 Å². The van der Waals surface area contributed by atoms with Gasteiger partial charge in [-0.15, -0.1) is 11.3 Å². The number of nitrogens with zero attached hydrogens (tertiary/aromatic N) is 3. The van der Waals surface area contributed by atoms with Gasteiger partial charge in [-0.05, 0) is 55.2 Å². The average Bonchev–Trinajstić information content (AvgIpc) is 3.27. The van der Waals surface area contributed by atoms with Crippen molar-refractivity contribution < 1.29 is 0 Å². The Balaban J connectivity index is 1.62. The lowest BCUT2D eigenvalue weighted by molar-refractivity contribution is 0.253. The van der Waals surface area contributed by atoms with Crippen LogP contribution in [0.2, 0.25) is 0 Å². The molecule has 140 valence electrons. The van der Waals surface area contributed by atoms with E-state index in [1.807, 2.05) is 29.7 Å². The number of pyridine rings is 1. The van der Waals surface area contributed by atoms with Gasteiger partial charge in [0.05, 0.1) is 5.39 Å². The molecule has 0 bridgehead atoms. The van der Waals surface area contributed by atoms with Gasteiger partial charge in [0.15, 0.2) is 5.82 Å². The topological polar surface area (TPSA) is 50.7 Å². The summed E-state index contributed by atoms with van der Waals surface area (Å²) in [5, 5.41) is 5.15. The minimum Gasteiger partial charge on any atom is -0.366 e. The molecule has 2 aliphatic carbocycles. The molecule has 0 spiro atoms. The molecule has 0 radical (unpaired) electrons. The average molecular weight is 379 g/mol. The number of nitrogens with one attached hydrogen (secondary N) is 1. The number of hydrogen-bond acceptors (Lipinski definition) is 5. The van der Waals surface area contributed by atoms with Crippen LogP contribution < -0.4 is 5.32 Å². The lowest BCUT2D eigenvalue weighted by Gasteiger charge is -2.35. The summed E-state index contributed by atoms with van der Waals surface area (Å²) in [7, 11) is 0. The van der Waals surface area contributed by atoms with Crippen LogP contribution in [0.4, 0.5) is 5.82 Å². The van der Waals surface area contributed by atoms with Crippen molar-refractivity contribution in [1.82, 2.24) is 15.0 Å². The summed E-state index contributed by atoms with van der Waals surface area (Å²) in [6, 6.07) is 4.49. The van der Waals surface area contributed by atoms with E-state index < -0.39 is 0 Å². The summed E-state index contributed by atoms with van der Waals surface area (Å²) in [6.07, 6.45) is 11.1. The number of aromatic nitrogens is 3. The van der Waals surface area contributed by atoms with Gasteiger partial charge in [-0.25, -0.2) is 9.97 Å². The third kappa shape index (κ3) is 3.02. The normalized spacial score (nSPS) is 24.9. The van der Waals surface area contributed by atoms with Gasteiger partial charge in [0.2, 0.25) is 0 Å². The van der Waals surface area contributed by atoms with Gasteiger partial charge in [-0.3, -0.25) is 4.98 Å². The van der Waals surface area contributed by atoms with Crippen LogP contribution in [0.15, 0.2) is 24.5 Å². The van der Waals surface area contributed by atoms with Crippen molar-refractivity contribution in [2.75, 3.05) is 5.32 Å². The Morgan fingerprint density at radius 2 is 2.04 bits per heavy atom. The fourth-order valence-electron chi connectivity index (χ4n) is 4.69. The van der Waals surface area contributed by atoms with E-state index in [1.165, 1.54) is 47.9 Å². The largest absolute Gasteiger partial charge is 0.366 e. The van der Waals surface area contributed by atoms with Gasteiger partial charge in [0.1, 0.15) is 10.6 Å². The number of fused-ring (bicyclic) bond motifs is 3. The van der Waals surface area contributed by atoms with Crippen LogP contribution in [0.5, 0.6) is 0 Å². The molecule has 3 heterocycles. The van der Waals surface area contributed by atoms with Crippen LogP contribution in [-0.4, -0.2) is 21.0 Å². The van der Waals surface area contributed by atoms with Gasteiger partial charge in [0, 0.05) is 28.9 Å². The molecule has 0 saturated heterocycles. The van der Waals surface area contributed by atoms with E-state index >= 15 is 0 Å². The molecule has 0 unspecified atom stereocenters. The first kappa shape index (κ1) is 17.1. The number of rotatable bonds is 3. The van der Waals surface area contributed by atoms with Crippen LogP contribution in [0.1, 0.15) is 50.0 Å². The molecule has 1 N–H and O–H groups in total. The van der Waals surface area contributed by atoms with Gasteiger partial charge in [0.25, 0.3) is 0 Å². The highest BCUT2D eigenvalue weighted by Gasteiger charge is 2.29. The third-order valence-corrected chi connectivity index (χ3v) is 7.70. The minimum absolute atomic E-state index is 0.491. The standard InChI is InChI=1S/C22H26N4S/c1-13-6-3-9-17(14(13)2)24-21-19-16-8-4-10-18(16)27-22(19)26-20(25-21)15-7-5-11-23-12-15/h5,7,11-14,17H,3-4,6,8-10H2,1-2H3,(H,24,25,26)/t13-,14-,17+/m1/s1. The second-order valence-electron chi connectivity index (χ2n) is 8.19. The van der Waals surface area contributed by atoms with Crippen molar-refractivity contribution in [2.24, 2.45) is 11.8 Å². The third-order valence-electron chi connectivity index (χ3n) is 6.51. The number of aryl methyl sites for hydroxylation is 2. The SMILES string of the molecule is C[C@@H]1[C@H](C)CCC[C@@H]1Nc1nc(-c2cccnc2)nc2sc3c(c12)CCC3. The summed E-state index contributed by atoms with van der Waals surface area (Å²) >= 11 is 1.86. The maximum absolute atomic E-state index is 5.02. The zero-order chi connectivity index (χ0) is 18.4. The fraction of sp³-hybridized carbons (Fsp3) is 0.500. The molecule has 27 heavy (non-hydrogen) atoms. The molecule has 3 aromatic rings. The van der Waals surface area contributed by atoms with Crippen LogP contribution in [0.25, 0.3) is 21.6 Å². The summed E-state index contributed by atoms with van der Waals surface area (Å²) < 4.78 is 0. The predicted molar refractivity (Wildman–Crippen MR) is 112 cm³/mol. The highest BCUT2D eigenvalue weighted by molar-refractivity contribution is 7.19. The molecule has 4 nitrogen and oxygen atoms in total. The Morgan fingerprint density at radius 3 is 2.89 bits per heavy atom.